The van der Waals surface area contributed by atoms with E-state index in [0.717, 1.165) is 23.4 Å². The minimum atomic E-state index is -0.440. The van der Waals surface area contributed by atoms with Gasteiger partial charge in [0, 0.05) is 24.1 Å². The molecule has 1 atom stereocenters. The van der Waals surface area contributed by atoms with Crippen LogP contribution in [0.1, 0.15) is 47.3 Å². The lowest BCUT2D eigenvalue weighted by Gasteiger charge is -2.32. The Morgan fingerprint density at radius 3 is 2.93 bits per heavy atom. The van der Waals surface area contributed by atoms with Gasteiger partial charge in [0.15, 0.2) is 6.29 Å². The van der Waals surface area contributed by atoms with E-state index in [0.29, 0.717) is 36.7 Å². The number of hydrogen-bond acceptors (Lipinski definition) is 6. The van der Waals surface area contributed by atoms with Crippen LogP contribution in [0.25, 0.3) is 0 Å². The number of nitrogens with one attached hydrogen (secondary N) is 2. The molecule has 28 heavy (non-hydrogen) atoms. The van der Waals surface area contributed by atoms with Crippen LogP contribution in [0.2, 0.25) is 0 Å². The van der Waals surface area contributed by atoms with Crippen LogP contribution in [-0.4, -0.2) is 41.4 Å². The summed E-state index contributed by atoms with van der Waals surface area (Å²) in [6, 6.07) is 5.32. The van der Waals surface area contributed by atoms with Gasteiger partial charge in [0.2, 0.25) is 0 Å². The van der Waals surface area contributed by atoms with Gasteiger partial charge in [-0.25, -0.2) is 0 Å². The summed E-state index contributed by atoms with van der Waals surface area (Å²) in [5, 5.41) is 10.7. The average Bonchev–Trinajstić information content (AvgIpc) is 3.15. The molecule has 0 saturated heterocycles. The highest BCUT2D eigenvalue weighted by atomic mass is 16.5. The van der Waals surface area contributed by atoms with Crippen LogP contribution in [0.4, 0.5) is 11.4 Å². The van der Waals surface area contributed by atoms with Crippen molar-refractivity contribution in [2.45, 2.75) is 40.5 Å². The molecule has 0 radical (unpaired) electrons. The van der Waals surface area contributed by atoms with Crippen molar-refractivity contribution >= 4 is 23.6 Å². The van der Waals surface area contributed by atoms with Crippen molar-refractivity contribution in [1.29, 1.82) is 0 Å². The lowest BCUT2D eigenvalue weighted by molar-refractivity contribution is 0.0928. The molecule has 2 aliphatic heterocycles. The monoisotopic (exact) mass is 383 g/mol. The summed E-state index contributed by atoms with van der Waals surface area (Å²) in [6.07, 6.45) is 0.362. The van der Waals surface area contributed by atoms with E-state index >= 15 is 0 Å². The Morgan fingerprint density at radius 2 is 2.21 bits per heavy atom. The van der Waals surface area contributed by atoms with Gasteiger partial charge >= 0.3 is 0 Å². The van der Waals surface area contributed by atoms with Crippen molar-refractivity contribution in [2.75, 3.05) is 23.4 Å². The highest BCUT2D eigenvalue weighted by Gasteiger charge is 2.39. The minimum Gasteiger partial charge on any atom is -0.491 e. The second-order valence-corrected chi connectivity index (χ2v) is 8.12. The Kier molecular flexibility index (Phi) is 4.28. The Bertz CT molecular complexity index is 950. The Labute approximate surface area is 163 Å². The predicted octanol–water partition coefficient (Wildman–Crippen LogP) is 2.39. The van der Waals surface area contributed by atoms with Gasteiger partial charge in [-0.15, -0.1) is 0 Å². The number of nitrogens with zero attached hydrogens (tertiary/aromatic N) is 3. The third kappa shape index (κ3) is 3.08. The number of benzene rings is 1. The number of carbonyl (C=O) groups is 2. The third-order valence-electron chi connectivity index (χ3n) is 5.04. The molecule has 4 rings (SSSR count). The molecule has 148 valence electrons. The topological polar surface area (TPSA) is 88.5 Å². The number of hydrogen-bond donors (Lipinski definition) is 2. The summed E-state index contributed by atoms with van der Waals surface area (Å²) in [4.78, 5) is 26.4. The van der Waals surface area contributed by atoms with E-state index in [9.17, 15) is 9.59 Å². The van der Waals surface area contributed by atoms with Gasteiger partial charge in [0.05, 0.1) is 18.0 Å². The standard InChI is InChI=1S/C20H25N5O3/c1-5-25-15(6-12(2)23-25)18(27)22-19-21-14-7-13(9-26)8-16-17(14)24(19)10-20(3,4)11-28-16/h6-9,19,21H,5,10-11H2,1-4H3,(H,22,27). The zero-order chi connectivity index (χ0) is 20.1. The molecule has 1 unspecified atom stereocenters. The van der Waals surface area contributed by atoms with Crippen molar-refractivity contribution in [2.24, 2.45) is 5.41 Å². The van der Waals surface area contributed by atoms with Crippen molar-refractivity contribution in [3.8, 4) is 5.75 Å². The van der Waals surface area contributed by atoms with Gasteiger partial charge in [0.1, 0.15) is 23.4 Å². The van der Waals surface area contributed by atoms with Crippen LogP contribution in [-0.2, 0) is 6.54 Å². The van der Waals surface area contributed by atoms with E-state index in [1.54, 1.807) is 22.9 Å². The number of aldehydes is 1. The maximum Gasteiger partial charge on any atom is 0.272 e. The quantitative estimate of drug-likeness (QED) is 0.788. The molecule has 0 fully saturated rings. The fourth-order valence-corrected chi connectivity index (χ4v) is 3.80. The lowest BCUT2D eigenvalue weighted by Crippen LogP contribution is -2.52. The lowest BCUT2D eigenvalue weighted by atomic mass is 9.94. The highest BCUT2D eigenvalue weighted by Crippen LogP contribution is 2.46. The van der Waals surface area contributed by atoms with E-state index in [1.165, 1.54) is 0 Å². The van der Waals surface area contributed by atoms with Crippen molar-refractivity contribution in [3.05, 3.63) is 35.2 Å². The molecule has 1 aromatic heterocycles. The van der Waals surface area contributed by atoms with Gasteiger partial charge in [-0.2, -0.15) is 5.10 Å². The maximum absolute atomic E-state index is 13.0. The molecule has 8 nitrogen and oxygen atoms in total. The fraction of sp³-hybridized carbons (Fsp3) is 0.450. The molecular formula is C20H25N5O3. The molecule has 2 aliphatic rings. The van der Waals surface area contributed by atoms with Crippen molar-refractivity contribution in [1.82, 2.24) is 15.1 Å². The largest absolute Gasteiger partial charge is 0.491 e. The average molecular weight is 383 g/mol. The van der Waals surface area contributed by atoms with Gasteiger partial charge in [0.25, 0.3) is 5.91 Å². The van der Waals surface area contributed by atoms with Crippen LogP contribution in [0.5, 0.6) is 5.75 Å². The Morgan fingerprint density at radius 1 is 1.43 bits per heavy atom. The van der Waals surface area contributed by atoms with E-state index in [4.69, 9.17) is 4.74 Å². The normalized spacial score (nSPS) is 19.3. The molecule has 0 aliphatic carbocycles. The summed E-state index contributed by atoms with van der Waals surface area (Å²) in [6.45, 7) is 9.89. The molecular weight excluding hydrogens is 358 g/mol. The van der Waals surface area contributed by atoms with Crippen LogP contribution in [0.15, 0.2) is 18.2 Å². The number of anilines is 2. The van der Waals surface area contributed by atoms with Crippen LogP contribution in [0.3, 0.4) is 0 Å². The maximum atomic E-state index is 13.0. The van der Waals surface area contributed by atoms with Crippen LogP contribution in [0, 0.1) is 12.3 Å². The first kappa shape index (κ1) is 18.3. The van der Waals surface area contributed by atoms with Crippen molar-refractivity contribution in [3.63, 3.8) is 0 Å². The summed E-state index contributed by atoms with van der Waals surface area (Å²) in [7, 11) is 0. The molecule has 0 bridgehead atoms. The number of carbonyl (C=O) groups excluding carboxylic acids is 2. The summed E-state index contributed by atoms with van der Waals surface area (Å²) < 4.78 is 7.70. The van der Waals surface area contributed by atoms with Crippen molar-refractivity contribution < 1.29 is 14.3 Å². The van der Waals surface area contributed by atoms with E-state index in [1.807, 2.05) is 13.8 Å². The SMILES string of the molecule is CCn1nc(C)cc1C(=O)NC1Nc2cc(C=O)cc3c2N1CC(C)(C)CO3. The zero-order valence-electron chi connectivity index (χ0n) is 16.6. The first-order valence-electron chi connectivity index (χ1n) is 9.46. The van der Waals surface area contributed by atoms with Gasteiger partial charge < -0.3 is 20.3 Å². The van der Waals surface area contributed by atoms with E-state index in [-0.39, 0.29) is 11.3 Å². The Hall–Kier alpha value is -3.03. The van der Waals surface area contributed by atoms with Crippen LogP contribution >= 0.6 is 0 Å². The molecule has 3 heterocycles. The molecule has 1 amide bonds. The molecule has 0 saturated carbocycles. The van der Waals surface area contributed by atoms with Gasteiger partial charge in [-0.1, -0.05) is 13.8 Å². The summed E-state index contributed by atoms with van der Waals surface area (Å²) in [5.41, 5.74) is 3.39. The summed E-state index contributed by atoms with van der Waals surface area (Å²) >= 11 is 0. The molecule has 2 N–H and O–H groups in total. The first-order valence-corrected chi connectivity index (χ1v) is 9.46. The van der Waals surface area contributed by atoms with Crippen LogP contribution < -0.4 is 20.3 Å². The zero-order valence-corrected chi connectivity index (χ0v) is 16.6. The number of rotatable bonds is 4. The number of aromatic nitrogens is 2. The molecule has 0 spiro atoms. The number of amides is 1. The first-order chi connectivity index (χ1) is 13.3. The summed E-state index contributed by atoms with van der Waals surface area (Å²) in [5.74, 6) is 0.455. The van der Waals surface area contributed by atoms with E-state index in [2.05, 4.69) is 34.5 Å². The predicted molar refractivity (Wildman–Crippen MR) is 106 cm³/mol. The third-order valence-corrected chi connectivity index (χ3v) is 5.04. The molecule has 1 aromatic carbocycles. The van der Waals surface area contributed by atoms with E-state index < -0.39 is 6.29 Å². The molecule has 2 aromatic rings. The second kappa shape index (κ2) is 6.54. The minimum absolute atomic E-state index is 0.131. The Balaban J connectivity index is 1.68. The second-order valence-electron chi connectivity index (χ2n) is 8.12. The molecule has 8 heteroatoms. The van der Waals surface area contributed by atoms with Gasteiger partial charge in [-0.05, 0) is 32.0 Å². The van der Waals surface area contributed by atoms with Gasteiger partial charge in [-0.3, -0.25) is 14.3 Å². The highest BCUT2D eigenvalue weighted by molar-refractivity contribution is 5.95. The number of ether oxygens (including phenoxy) is 1. The number of aryl methyl sites for hydroxylation is 2. The smallest absolute Gasteiger partial charge is 0.272 e. The fourth-order valence-electron chi connectivity index (χ4n) is 3.80.